The number of hydrogen-bond acceptors (Lipinski definition) is 5. The van der Waals surface area contributed by atoms with Crippen LogP contribution in [0.25, 0.3) is 11.1 Å². The molecule has 8 rings (SSSR count). The number of halogens is 1. The Kier molecular flexibility index (Phi) is 17.9. The summed E-state index contributed by atoms with van der Waals surface area (Å²) in [4.78, 5) is 11.4. The summed E-state index contributed by atoms with van der Waals surface area (Å²) < 4.78 is 27.4. The molecular weight excluding hydrogens is 915 g/mol. The fourth-order valence-corrected chi connectivity index (χ4v) is 12.9. The summed E-state index contributed by atoms with van der Waals surface area (Å²) in [5.74, 6) is -0.365. The van der Waals surface area contributed by atoms with Crippen LogP contribution in [0.1, 0.15) is 213 Å². The molecular formula is C67H90BFO5. The number of Topliss-reactive ketones (excluding diaryl/α,β-unsaturated/α-hetero) is 1. The van der Waals surface area contributed by atoms with Gasteiger partial charge in [-0.1, -0.05) is 144 Å². The molecule has 0 atom stereocenters. The number of carbonyl (C=O) groups excluding carboxylic acids is 1. The second-order valence-corrected chi connectivity index (χ2v) is 24.1. The zero-order valence-corrected chi connectivity index (χ0v) is 47.8. The maximum absolute atomic E-state index is 14.7. The van der Waals surface area contributed by atoms with E-state index in [0.29, 0.717) is 5.56 Å². The van der Waals surface area contributed by atoms with Gasteiger partial charge in [-0.05, 0) is 218 Å². The van der Waals surface area contributed by atoms with Crippen molar-refractivity contribution >= 4 is 18.4 Å². The van der Waals surface area contributed by atoms with Gasteiger partial charge in [-0.3, -0.25) is 4.79 Å². The molecule has 1 heterocycles. The predicted octanol–water partition coefficient (Wildman–Crippen LogP) is 15.5. The molecule has 5 nitrogen and oxygen atoms in total. The van der Waals surface area contributed by atoms with Crippen LogP contribution < -0.4 is 5.46 Å². The van der Waals surface area contributed by atoms with Crippen molar-refractivity contribution in [2.45, 2.75) is 232 Å². The van der Waals surface area contributed by atoms with E-state index in [1.807, 2.05) is 6.07 Å². The zero-order valence-electron chi connectivity index (χ0n) is 47.8. The molecule has 5 aromatic carbocycles. The molecule has 3 aliphatic rings. The molecule has 5 aromatic rings. The van der Waals surface area contributed by atoms with Crippen LogP contribution in [0.5, 0.6) is 0 Å². The number of hydrogen-bond donors (Lipinski definition) is 2. The summed E-state index contributed by atoms with van der Waals surface area (Å²) in [5.41, 5.74) is 14.7. The van der Waals surface area contributed by atoms with Gasteiger partial charge >= 0.3 is 7.12 Å². The Labute approximate surface area is 446 Å². The maximum Gasteiger partial charge on any atom is 0.495 e. The van der Waals surface area contributed by atoms with Gasteiger partial charge in [0.2, 0.25) is 0 Å². The van der Waals surface area contributed by atoms with E-state index in [0.717, 1.165) is 125 Å². The zero-order chi connectivity index (χ0) is 53.9. The Morgan fingerprint density at radius 3 is 1.32 bits per heavy atom. The van der Waals surface area contributed by atoms with Crippen molar-refractivity contribution in [3.05, 3.63) is 158 Å². The Hall–Kier alpha value is -4.40. The first kappa shape index (κ1) is 57.3. The summed E-state index contributed by atoms with van der Waals surface area (Å²) >= 11 is 0. The van der Waals surface area contributed by atoms with Crippen molar-refractivity contribution in [1.82, 2.24) is 0 Å². The van der Waals surface area contributed by atoms with E-state index in [2.05, 4.69) is 156 Å². The second kappa shape index (κ2) is 23.1. The van der Waals surface area contributed by atoms with Crippen LogP contribution >= 0.6 is 0 Å². The van der Waals surface area contributed by atoms with Crippen LogP contribution in [-0.2, 0) is 44.2 Å². The van der Waals surface area contributed by atoms with E-state index in [4.69, 9.17) is 9.31 Å². The van der Waals surface area contributed by atoms with Crippen LogP contribution in [0.3, 0.4) is 0 Å². The first-order valence-corrected chi connectivity index (χ1v) is 28.5. The maximum atomic E-state index is 14.7. The molecule has 2 saturated carbocycles. The summed E-state index contributed by atoms with van der Waals surface area (Å²) in [6.07, 6.45) is 16.2. The van der Waals surface area contributed by atoms with Gasteiger partial charge in [-0.2, -0.15) is 0 Å². The average Bonchev–Trinajstić information content (AvgIpc) is 4.06. The predicted molar refractivity (Wildman–Crippen MR) is 306 cm³/mol. The molecule has 1 saturated heterocycles. The van der Waals surface area contributed by atoms with Gasteiger partial charge in [0.1, 0.15) is 11.6 Å². The largest absolute Gasteiger partial charge is 0.495 e. The van der Waals surface area contributed by atoms with Gasteiger partial charge in [0, 0.05) is 17.3 Å². The smallest absolute Gasteiger partial charge is 0.399 e. The molecule has 74 heavy (non-hydrogen) atoms. The molecule has 7 heteroatoms. The number of aliphatic hydroxyl groups is 2. The van der Waals surface area contributed by atoms with Crippen molar-refractivity contribution < 1.29 is 28.7 Å². The molecule has 0 bridgehead atoms. The Balaban J connectivity index is 0.000000217. The lowest BCUT2D eigenvalue weighted by Crippen LogP contribution is -2.41. The molecule has 398 valence electrons. The number of benzene rings is 5. The molecule has 0 unspecified atom stereocenters. The minimum Gasteiger partial charge on any atom is -0.399 e. The molecule has 0 spiro atoms. The molecule has 2 N–H and O–H groups in total. The summed E-state index contributed by atoms with van der Waals surface area (Å²) in [6, 6.07) is 32.6. The highest BCUT2D eigenvalue weighted by atomic mass is 19.1. The minimum atomic E-state index is -0.475. The molecule has 1 aliphatic heterocycles. The number of carbonyl (C=O) groups is 1. The van der Waals surface area contributed by atoms with Crippen LogP contribution in [0.15, 0.2) is 91.0 Å². The molecule has 3 fully saturated rings. The highest BCUT2D eigenvalue weighted by molar-refractivity contribution is 6.62. The van der Waals surface area contributed by atoms with E-state index >= 15 is 0 Å². The standard InChI is InChI=1S/C35H43FO2.C32H47BO3/c1-6-35(7-2,30-13-12-27(24(3)20-30)16-19-34(38)17-8-9-18-34)31-14-15-32(25(4)21-31)28-10-11-29(22-26(5)37)33(36)23-28;1-9-32(10-2,26-14-13-25(23(3)21-26)17-20-31(34)18-11-12-19-31)27-15-16-28(24(4)22-27)33-35-29(5,6)30(7,8)36-33/h10-15,20-21,23,38H,6-9,16-19,22H2,1-5H3;13-16,21-22,34H,9-12,17-20H2,1-8H3. The van der Waals surface area contributed by atoms with E-state index in [1.165, 1.54) is 57.0 Å². The third kappa shape index (κ3) is 12.1. The monoisotopic (exact) mass is 1000 g/mol. The highest BCUT2D eigenvalue weighted by Crippen LogP contribution is 2.44. The Morgan fingerprint density at radius 1 is 0.554 bits per heavy atom. The summed E-state index contributed by atoms with van der Waals surface area (Å²) in [7, 11) is -0.335. The highest BCUT2D eigenvalue weighted by Gasteiger charge is 2.52. The summed E-state index contributed by atoms with van der Waals surface area (Å²) in [6.45, 7) is 27.8. The van der Waals surface area contributed by atoms with E-state index in [9.17, 15) is 19.4 Å². The normalized spacial score (nSPS) is 17.9. The average molecular weight is 1010 g/mol. The van der Waals surface area contributed by atoms with E-state index < -0.39 is 11.2 Å². The van der Waals surface area contributed by atoms with Crippen LogP contribution in [0, 0.1) is 33.5 Å². The summed E-state index contributed by atoms with van der Waals surface area (Å²) in [5, 5.41) is 21.6. The molecule has 0 aromatic heterocycles. The third-order valence-corrected chi connectivity index (χ3v) is 18.9. The SMILES string of the molecule is CCC(CC)(c1ccc(CCC2(O)CCCC2)c(C)c1)c1ccc(-c2ccc(CC(C)=O)c(F)c2)c(C)c1.CCC(CC)(c1ccc(CCC2(O)CCCC2)c(C)c1)c1ccc(B2OC(C)(C)C(C)(C)O2)c(C)c1. The van der Waals surface area contributed by atoms with Gasteiger partial charge in [0.15, 0.2) is 0 Å². The fourth-order valence-electron chi connectivity index (χ4n) is 12.9. The second-order valence-electron chi connectivity index (χ2n) is 24.1. The fraction of sp³-hybridized carbons (Fsp3) is 0.537. The van der Waals surface area contributed by atoms with Gasteiger partial charge in [-0.25, -0.2) is 4.39 Å². The van der Waals surface area contributed by atoms with Gasteiger partial charge < -0.3 is 19.5 Å². The van der Waals surface area contributed by atoms with Crippen molar-refractivity contribution in [3.63, 3.8) is 0 Å². The Bertz CT molecular complexity index is 2730. The number of ketones is 1. The van der Waals surface area contributed by atoms with Crippen LogP contribution in [0.4, 0.5) is 4.39 Å². The van der Waals surface area contributed by atoms with Crippen molar-refractivity contribution in [2.75, 3.05) is 0 Å². The topological polar surface area (TPSA) is 76.0 Å². The lowest BCUT2D eigenvalue weighted by Gasteiger charge is -2.34. The molecule has 0 radical (unpaired) electrons. The van der Waals surface area contributed by atoms with Crippen LogP contribution in [-0.4, -0.2) is 45.5 Å². The van der Waals surface area contributed by atoms with E-state index in [-0.39, 0.29) is 47.2 Å². The van der Waals surface area contributed by atoms with Gasteiger partial charge in [0.25, 0.3) is 0 Å². The molecule has 2 aliphatic carbocycles. The van der Waals surface area contributed by atoms with Crippen molar-refractivity contribution in [1.29, 1.82) is 0 Å². The lowest BCUT2D eigenvalue weighted by atomic mass is 9.67. The first-order valence-electron chi connectivity index (χ1n) is 28.5. The molecule has 0 amide bonds. The quantitative estimate of drug-likeness (QED) is 0.0856. The van der Waals surface area contributed by atoms with Gasteiger partial charge in [-0.15, -0.1) is 0 Å². The van der Waals surface area contributed by atoms with Crippen molar-refractivity contribution in [2.24, 2.45) is 0 Å². The number of aryl methyl sites for hydroxylation is 6. The van der Waals surface area contributed by atoms with Crippen LogP contribution in [0.2, 0.25) is 0 Å². The third-order valence-electron chi connectivity index (χ3n) is 18.9. The van der Waals surface area contributed by atoms with Gasteiger partial charge in [0.05, 0.1) is 22.4 Å². The first-order chi connectivity index (χ1) is 35.0. The van der Waals surface area contributed by atoms with E-state index in [1.54, 1.807) is 12.1 Å². The number of rotatable bonds is 18. The minimum absolute atomic E-state index is 0.0355. The van der Waals surface area contributed by atoms with Crippen molar-refractivity contribution in [3.8, 4) is 11.1 Å². The lowest BCUT2D eigenvalue weighted by molar-refractivity contribution is -0.116. The Morgan fingerprint density at radius 2 is 0.946 bits per heavy atom.